The van der Waals surface area contributed by atoms with Gasteiger partial charge in [0.2, 0.25) is 0 Å². The summed E-state index contributed by atoms with van der Waals surface area (Å²) in [7, 11) is 1.76. The minimum atomic E-state index is 0.285. The number of aryl methyl sites for hydroxylation is 1. The van der Waals surface area contributed by atoms with Gasteiger partial charge in [0.25, 0.3) is 0 Å². The van der Waals surface area contributed by atoms with Crippen molar-refractivity contribution in [1.29, 1.82) is 0 Å². The Bertz CT molecular complexity index is 441. The third-order valence-corrected chi connectivity index (χ3v) is 4.80. The van der Waals surface area contributed by atoms with E-state index in [1.165, 1.54) is 24.0 Å². The summed E-state index contributed by atoms with van der Waals surface area (Å²) in [5.41, 5.74) is 2.89. The van der Waals surface area contributed by atoms with Crippen LogP contribution in [-0.4, -0.2) is 37.2 Å². The van der Waals surface area contributed by atoms with Crippen LogP contribution in [0.5, 0.6) is 5.75 Å². The average Bonchev–Trinajstić information content (AvgIpc) is 2.48. The number of nitrogens with one attached hydrogen (secondary N) is 1. The van der Waals surface area contributed by atoms with Crippen molar-refractivity contribution in [2.24, 2.45) is 0 Å². The van der Waals surface area contributed by atoms with Crippen LogP contribution in [0.2, 0.25) is 0 Å². The van der Waals surface area contributed by atoms with Crippen LogP contribution in [0.3, 0.4) is 0 Å². The molecule has 0 amide bonds. The molecule has 112 valence electrons. The highest BCUT2D eigenvalue weighted by Gasteiger charge is 2.35. The van der Waals surface area contributed by atoms with Crippen LogP contribution in [0.25, 0.3) is 0 Å². The summed E-state index contributed by atoms with van der Waals surface area (Å²) in [5.74, 6) is 1.01. The SMILES string of the molecule is CCC1(CC)CNCCN1Cc1cc(C)ccc1OC. The first-order valence-corrected chi connectivity index (χ1v) is 7.74. The van der Waals surface area contributed by atoms with Crippen LogP contribution in [0.1, 0.15) is 37.8 Å². The summed E-state index contributed by atoms with van der Waals surface area (Å²) in [6.07, 6.45) is 2.37. The van der Waals surface area contributed by atoms with Gasteiger partial charge in [0.1, 0.15) is 5.75 Å². The lowest BCUT2D eigenvalue weighted by Crippen LogP contribution is -2.60. The average molecular weight is 276 g/mol. The molecular formula is C17H28N2O. The quantitative estimate of drug-likeness (QED) is 0.895. The molecule has 0 saturated carbocycles. The Kier molecular flexibility index (Phi) is 5.06. The van der Waals surface area contributed by atoms with Crippen molar-refractivity contribution in [3.8, 4) is 5.75 Å². The van der Waals surface area contributed by atoms with E-state index in [1.807, 2.05) is 0 Å². The number of nitrogens with zero attached hydrogens (tertiary/aromatic N) is 1. The highest BCUT2D eigenvalue weighted by molar-refractivity contribution is 5.37. The van der Waals surface area contributed by atoms with Gasteiger partial charge in [-0.05, 0) is 25.8 Å². The van der Waals surface area contributed by atoms with Crippen molar-refractivity contribution in [3.63, 3.8) is 0 Å². The maximum absolute atomic E-state index is 5.54. The monoisotopic (exact) mass is 276 g/mol. The van der Waals surface area contributed by atoms with Gasteiger partial charge in [0.05, 0.1) is 7.11 Å². The number of methoxy groups -OCH3 is 1. The van der Waals surface area contributed by atoms with Crippen molar-refractivity contribution < 1.29 is 4.74 Å². The highest BCUT2D eigenvalue weighted by atomic mass is 16.5. The Balaban J connectivity index is 2.25. The summed E-state index contributed by atoms with van der Waals surface area (Å²) in [5, 5.41) is 3.56. The second kappa shape index (κ2) is 6.59. The van der Waals surface area contributed by atoms with Gasteiger partial charge in [0.15, 0.2) is 0 Å². The van der Waals surface area contributed by atoms with Crippen molar-refractivity contribution >= 4 is 0 Å². The Labute approximate surface area is 123 Å². The van der Waals surface area contributed by atoms with Gasteiger partial charge in [-0.1, -0.05) is 31.5 Å². The van der Waals surface area contributed by atoms with Crippen molar-refractivity contribution in [3.05, 3.63) is 29.3 Å². The first kappa shape index (κ1) is 15.3. The number of hydrogen-bond donors (Lipinski definition) is 1. The molecule has 0 unspecified atom stereocenters. The number of benzene rings is 1. The third kappa shape index (κ3) is 2.99. The van der Waals surface area contributed by atoms with E-state index in [-0.39, 0.29) is 5.54 Å². The maximum Gasteiger partial charge on any atom is 0.123 e. The molecule has 0 bridgehead atoms. The zero-order valence-corrected chi connectivity index (χ0v) is 13.3. The van der Waals surface area contributed by atoms with E-state index in [2.05, 4.69) is 49.2 Å². The van der Waals surface area contributed by atoms with Crippen LogP contribution in [-0.2, 0) is 6.54 Å². The fourth-order valence-corrected chi connectivity index (χ4v) is 3.31. The molecule has 20 heavy (non-hydrogen) atoms. The maximum atomic E-state index is 5.54. The fraction of sp³-hybridized carbons (Fsp3) is 0.647. The summed E-state index contributed by atoms with van der Waals surface area (Å²) < 4.78 is 5.54. The number of rotatable bonds is 5. The predicted molar refractivity (Wildman–Crippen MR) is 84.3 cm³/mol. The van der Waals surface area contributed by atoms with Gasteiger partial charge in [-0.15, -0.1) is 0 Å². The molecular weight excluding hydrogens is 248 g/mol. The molecule has 0 spiro atoms. The lowest BCUT2D eigenvalue weighted by molar-refractivity contribution is 0.0441. The topological polar surface area (TPSA) is 24.5 Å². The van der Waals surface area contributed by atoms with Crippen LogP contribution < -0.4 is 10.1 Å². The number of ether oxygens (including phenoxy) is 1. The van der Waals surface area contributed by atoms with E-state index in [0.717, 1.165) is 31.9 Å². The van der Waals surface area contributed by atoms with Gasteiger partial charge in [-0.2, -0.15) is 0 Å². The second-order valence-corrected chi connectivity index (χ2v) is 5.85. The van der Waals surface area contributed by atoms with Gasteiger partial charge < -0.3 is 10.1 Å². The van der Waals surface area contributed by atoms with Crippen LogP contribution in [0.4, 0.5) is 0 Å². The Morgan fingerprint density at radius 3 is 2.70 bits per heavy atom. The summed E-state index contributed by atoms with van der Waals surface area (Å²) in [6, 6.07) is 6.47. The highest BCUT2D eigenvalue weighted by Crippen LogP contribution is 2.30. The molecule has 1 aliphatic heterocycles. The van der Waals surface area contributed by atoms with Crippen molar-refractivity contribution in [1.82, 2.24) is 10.2 Å². The number of piperazine rings is 1. The van der Waals surface area contributed by atoms with E-state index in [1.54, 1.807) is 7.11 Å². The van der Waals surface area contributed by atoms with Gasteiger partial charge in [0, 0.05) is 37.3 Å². The van der Waals surface area contributed by atoms with Crippen LogP contribution >= 0.6 is 0 Å². The van der Waals surface area contributed by atoms with Gasteiger partial charge in [-0.25, -0.2) is 0 Å². The van der Waals surface area contributed by atoms with Crippen LogP contribution in [0, 0.1) is 6.92 Å². The Hall–Kier alpha value is -1.06. The molecule has 3 nitrogen and oxygen atoms in total. The molecule has 1 aromatic rings. The molecule has 0 radical (unpaired) electrons. The summed E-state index contributed by atoms with van der Waals surface area (Å²) in [4.78, 5) is 2.64. The molecule has 1 N–H and O–H groups in total. The molecule has 1 fully saturated rings. The second-order valence-electron chi connectivity index (χ2n) is 5.85. The zero-order valence-electron chi connectivity index (χ0n) is 13.3. The molecule has 1 aromatic carbocycles. The zero-order chi connectivity index (χ0) is 14.6. The smallest absolute Gasteiger partial charge is 0.123 e. The van der Waals surface area contributed by atoms with E-state index >= 15 is 0 Å². The minimum Gasteiger partial charge on any atom is -0.496 e. The van der Waals surface area contributed by atoms with Crippen molar-refractivity contribution in [2.45, 2.75) is 45.7 Å². The Morgan fingerprint density at radius 1 is 1.30 bits per heavy atom. The van der Waals surface area contributed by atoms with E-state index in [0.29, 0.717) is 0 Å². The van der Waals surface area contributed by atoms with E-state index < -0.39 is 0 Å². The van der Waals surface area contributed by atoms with Crippen molar-refractivity contribution in [2.75, 3.05) is 26.7 Å². The first-order chi connectivity index (χ1) is 9.65. The minimum absolute atomic E-state index is 0.285. The van der Waals surface area contributed by atoms with Gasteiger partial charge in [-0.3, -0.25) is 4.90 Å². The lowest BCUT2D eigenvalue weighted by atomic mass is 9.88. The number of hydrogen-bond acceptors (Lipinski definition) is 3. The van der Waals surface area contributed by atoms with Crippen LogP contribution in [0.15, 0.2) is 18.2 Å². The summed E-state index contributed by atoms with van der Waals surface area (Å²) >= 11 is 0. The molecule has 0 atom stereocenters. The lowest BCUT2D eigenvalue weighted by Gasteiger charge is -2.47. The predicted octanol–water partition coefficient (Wildman–Crippen LogP) is 2.97. The fourth-order valence-electron chi connectivity index (χ4n) is 3.31. The first-order valence-electron chi connectivity index (χ1n) is 7.74. The molecule has 0 aromatic heterocycles. The molecule has 0 aliphatic carbocycles. The Morgan fingerprint density at radius 2 is 2.05 bits per heavy atom. The molecule has 3 heteroatoms. The normalized spacial score (nSPS) is 19.0. The van der Waals surface area contributed by atoms with Gasteiger partial charge >= 0.3 is 0 Å². The largest absolute Gasteiger partial charge is 0.496 e. The summed E-state index contributed by atoms with van der Waals surface area (Å²) in [6.45, 7) is 11.0. The van der Waals surface area contributed by atoms with E-state index in [9.17, 15) is 0 Å². The molecule has 2 rings (SSSR count). The molecule has 1 saturated heterocycles. The molecule has 1 heterocycles. The van der Waals surface area contributed by atoms with E-state index in [4.69, 9.17) is 4.74 Å². The molecule has 1 aliphatic rings. The third-order valence-electron chi connectivity index (χ3n) is 4.80. The standard InChI is InChI=1S/C17H28N2O/c1-5-17(6-2)13-18-9-10-19(17)12-15-11-14(3)7-8-16(15)20-4/h7-8,11,18H,5-6,9-10,12-13H2,1-4H3.